The zero-order valence-corrected chi connectivity index (χ0v) is 7.12. The molecule has 1 rings (SSSR count). The van der Waals surface area contributed by atoms with Gasteiger partial charge < -0.3 is 10.3 Å². The minimum Gasteiger partial charge on any atom is -0.332 e. The molecule has 1 aromatic heterocycles. The molecule has 0 saturated carbocycles. The van der Waals surface area contributed by atoms with Gasteiger partial charge in [-0.05, 0) is 20.4 Å². The summed E-state index contributed by atoms with van der Waals surface area (Å²) in [6.07, 6.45) is 4.69. The predicted octanol–water partition coefficient (Wildman–Crippen LogP) is 0.965. The minimum atomic E-state index is 0.485. The quantitative estimate of drug-likeness (QED) is 0.703. The first-order chi connectivity index (χ1) is 5.25. The van der Waals surface area contributed by atoms with E-state index in [1.807, 2.05) is 12.4 Å². The standard InChI is InChI=1S/C8H15N3/c1-7(2)11-6-5-10-8(11)3-4-9/h5-7H,3-4,9H2,1-2H3. The minimum absolute atomic E-state index is 0.485. The topological polar surface area (TPSA) is 43.8 Å². The van der Waals surface area contributed by atoms with Gasteiger partial charge in [0.1, 0.15) is 5.82 Å². The fraction of sp³-hybridized carbons (Fsp3) is 0.625. The third-order valence-electron chi connectivity index (χ3n) is 1.67. The molecule has 0 radical (unpaired) electrons. The molecule has 11 heavy (non-hydrogen) atoms. The normalized spacial score (nSPS) is 10.9. The Morgan fingerprint density at radius 2 is 2.36 bits per heavy atom. The summed E-state index contributed by atoms with van der Waals surface area (Å²) < 4.78 is 2.15. The number of aromatic nitrogens is 2. The zero-order valence-electron chi connectivity index (χ0n) is 7.12. The molecule has 0 spiro atoms. The fourth-order valence-electron chi connectivity index (χ4n) is 1.14. The lowest BCUT2D eigenvalue weighted by molar-refractivity contribution is 0.567. The van der Waals surface area contributed by atoms with Gasteiger partial charge in [0.2, 0.25) is 0 Å². The van der Waals surface area contributed by atoms with Crippen molar-refractivity contribution in [3.8, 4) is 0 Å². The molecule has 0 aliphatic rings. The largest absolute Gasteiger partial charge is 0.332 e. The second kappa shape index (κ2) is 3.53. The summed E-state index contributed by atoms with van der Waals surface area (Å²) in [5.41, 5.74) is 5.44. The first-order valence-corrected chi connectivity index (χ1v) is 3.97. The first kappa shape index (κ1) is 8.27. The van der Waals surface area contributed by atoms with Gasteiger partial charge in [0.25, 0.3) is 0 Å². The highest BCUT2D eigenvalue weighted by molar-refractivity contribution is 4.94. The summed E-state index contributed by atoms with van der Waals surface area (Å²) in [7, 11) is 0. The van der Waals surface area contributed by atoms with Crippen molar-refractivity contribution in [3.05, 3.63) is 18.2 Å². The van der Waals surface area contributed by atoms with Crippen molar-refractivity contribution in [2.75, 3.05) is 6.54 Å². The fourth-order valence-corrected chi connectivity index (χ4v) is 1.14. The van der Waals surface area contributed by atoms with E-state index in [-0.39, 0.29) is 0 Å². The lowest BCUT2D eigenvalue weighted by atomic mass is 10.3. The maximum Gasteiger partial charge on any atom is 0.110 e. The number of nitrogens with zero attached hydrogens (tertiary/aromatic N) is 2. The smallest absolute Gasteiger partial charge is 0.110 e. The highest BCUT2D eigenvalue weighted by atomic mass is 15.1. The van der Waals surface area contributed by atoms with Crippen LogP contribution in [0.25, 0.3) is 0 Å². The summed E-state index contributed by atoms with van der Waals surface area (Å²) in [6, 6.07) is 0.485. The molecule has 3 nitrogen and oxygen atoms in total. The molecular formula is C8H15N3. The van der Waals surface area contributed by atoms with Crippen LogP contribution >= 0.6 is 0 Å². The third kappa shape index (κ3) is 1.80. The van der Waals surface area contributed by atoms with Gasteiger partial charge in [-0.25, -0.2) is 4.98 Å². The molecule has 0 aromatic carbocycles. The Balaban J connectivity index is 2.78. The van der Waals surface area contributed by atoms with Crippen molar-refractivity contribution in [1.29, 1.82) is 0 Å². The molecule has 0 bridgehead atoms. The van der Waals surface area contributed by atoms with Gasteiger partial charge >= 0.3 is 0 Å². The molecule has 0 aliphatic heterocycles. The molecule has 3 heteroatoms. The summed E-state index contributed by atoms with van der Waals surface area (Å²) in [5, 5.41) is 0. The van der Waals surface area contributed by atoms with E-state index in [1.54, 1.807) is 0 Å². The Labute approximate surface area is 67.2 Å². The molecule has 1 aromatic rings. The van der Waals surface area contributed by atoms with Crippen LogP contribution < -0.4 is 5.73 Å². The molecule has 0 fully saturated rings. The van der Waals surface area contributed by atoms with Gasteiger partial charge in [-0.1, -0.05) is 0 Å². The van der Waals surface area contributed by atoms with E-state index >= 15 is 0 Å². The highest BCUT2D eigenvalue weighted by Crippen LogP contribution is 2.07. The van der Waals surface area contributed by atoms with Gasteiger partial charge in [0, 0.05) is 24.9 Å². The number of hydrogen-bond donors (Lipinski definition) is 1. The maximum absolute atomic E-state index is 5.44. The summed E-state index contributed by atoms with van der Waals surface area (Å²) >= 11 is 0. The summed E-state index contributed by atoms with van der Waals surface area (Å²) in [5.74, 6) is 1.09. The van der Waals surface area contributed by atoms with Crippen LogP contribution in [0.5, 0.6) is 0 Å². The SMILES string of the molecule is CC(C)n1ccnc1CCN. The number of nitrogens with two attached hydrogens (primary N) is 1. The molecule has 62 valence electrons. The lowest BCUT2D eigenvalue weighted by Crippen LogP contribution is -2.10. The van der Waals surface area contributed by atoms with Gasteiger partial charge in [-0.2, -0.15) is 0 Å². The zero-order chi connectivity index (χ0) is 8.27. The van der Waals surface area contributed by atoms with E-state index < -0.39 is 0 Å². The monoisotopic (exact) mass is 153 g/mol. The van der Waals surface area contributed by atoms with Crippen molar-refractivity contribution in [2.24, 2.45) is 5.73 Å². The Hall–Kier alpha value is -0.830. The van der Waals surface area contributed by atoms with E-state index in [0.29, 0.717) is 12.6 Å². The Morgan fingerprint density at radius 1 is 1.64 bits per heavy atom. The Morgan fingerprint density at radius 3 is 2.91 bits per heavy atom. The molecule has 0 amide bonds. The molecule has 0 unspecified atom stereocenters. The van der Waals surface area contributed by atoms with Crippen molar-refractivity contribution < 1.29 is 0 Å². The molecule has 0 saturated heterocycles. The van der Waals surface area contributed by atoms with Gasteiger partial charge in [0.05, 0.1) is 0 Å². The van der Waals surface area contributed by atoms with Crippen LogP contribution in [0.15, 0.2) is 12.4 Å². The van der Waals surface area contributed by atoms with E-state index in [4.69, 9.17) is 5.73 Å². The van der Waals surface area contributed by atoms with E-state index in [2.05, 4.69) is 23.4 Å². The summed E-state index contributed by atoms with van der Waals surface area (Å²) in [6.45, 7) is 4.95. The second-order valence-corrected chi connectivity index (χ2v) is 2.88. The van der Waals surface area contributed by atoms with E-state index in [0.717, 1.165) is 12.2 Å². The van der Waals surface area contributed by atoms with Crippen LogP contribution in [-0.4, -0.2) is 16.1 Å². The lowest BCUT2D eigenvalue weighted by Gasteiger charge is -2.09. The van der Waals surface area contributed by atoms with Crippen LogP contribution in [0.3, 0.4) is 0 Å². The van der Waals surface area contributed by atoms with Crippen molar-refractivity contribution in [2.45, 2.75) is 26.3 Å². The van der Waals surface area contributed by atoms with E-state index in [1.165, 1.54) is 0 Å². The van der Waals surface area contributed by atoms with Gasteiger partial charge in [0.15, 0.2) is 0 Å². The third-order valence-corrected chi connectivity index (χ3v) is 1.67. The molecule has 0 aliphatic carbocycles. The maximum atomic E-state index is 5.44. The Bertz CT molecular complexity index is 215. The van der Waals surface area contributed by atoms with Crippen molar-refractivity contribution >= 4 is 0 Å². The molecular weight excluding hydrogens is 138 g/mol. The number of rotatable bonds is 3. The highest BCUT2D eigenvalue weighted by Gasteiger charge is 2.03. The number of imidazole rings is 1. The first-order valence-electron chi connectivity index (χ1n) is 3.97. The molecule has 1 heterocycles. The van der Waals surface area contributed by atoms with Gasteiger partial charge in [-0.3, -0.25) is 0 Å². The van der Waals surface area contributed by atoms with E-state index in [9.17, 15) is 0 Å². The number of hydrogen-bond acceptors (Lipinski definition) is 2. The van der Waals surface area contributed by atoms with Crippen LogP contribution in [0.1, 0.15) is 25.7 Å². The second-order valence-electron chi connectivity index (χ2n) is 2.88. The molecule has 2 N–H and O–H groups in total. The predicted molar refractivity (Wildman–Crippen MR) is 45.4 cm³/mol. The van der Waals surface area contributed by atoms with Crippen LogP contribution in [0.2, 0.25) is 0 Å². The Kier molecular flexibility index (Phi) is 2.65. The van der Waals surface area contributed by atoms with Crippen molar-refractivity contribution in [3.63, 3.8) is 0 Å². The van der Waals surface area contributed by atoms with Crippen LogP contribution in [0, 0.1) is 0 Å². The van der Waals surface area contributed by atoms with Gasteiger partial charge in [-0.15, -0.1) is 0 Å². The average Bonchev–Trinajstić information content (AvgIpc) is 2.36. The average molecular weight is 153 g/mol. The van der Waals surface area contributed by atoms with Crippen LogP contribution in [0.4, 0.5) is 0 Å². The van der Waals surface area contributed by atoms with Crippen LogP contribution in [-0.2, 0) is 6.42 Å². The summed E-state index contributed by atoms with van der Waals surface area (Å²) in [4.78, 5) is 4.21. The van der Waals surface area contributed by atoms with Crippen molar-refractivity contribution in [1.82, 2.24) is 9.55 Å². The molecule has 0 atom stereocenters.